The van der Waals surface area contributed by atoms with Crippen molar-refractivity contribution in [3.63, 3.8) is 0 Å². The van der Waals surface area contributed by atoms with E-state index in [0.29, 0.717) is 5.56 Å². The van der Waals surface area contributed by atoms with Crippen molar-refractivity contribution >= 4 is 5.97 Å². The number of aromatic carboxylic acids is 1. The molecule has 0 spiro atoms. The smallest absolute Gasteiger partial charge is 0.335 e. The largest absolute Gasteiger partial charge is 0.478 e. The number of carbonyl (C=O) groups is 1. The Labute approximate surface area is 221 Å². The third-order valence-corrected chi connectivity index (χ3v) is 7.80. The van der Waals surface area contributed by atoms with Gasteiger partial charge in [0.1, 0.15) is 6.10 Å². The molecule has 0 radical (unpaired) electrons. The van der Waals surface area contributed by atoms with Crippen molar-refractivity contribution in [2.24, 2.45) is 0 Å². The van der Waals surface area contributed by atoms with Crippen LogP contribution >= 0.6 is 0 Å². The van der Waals surface area contributed by atoms with E-state index in [9.17, 15) is 9.90 Å². The summed E-state index contributed by atoms with van der Waals surface area (Å²) >= 11 is 0. The number of hydrogen-bond acceptors (Lipinski definition) is 2. The second-order valence-corrected chi connectivity index (χ2v) is 12.6. The Morgan fingerprint density at radius 3 is 2.05 bits per heavy atom. The zero-order valence-corrected chi connectivity index (χ0v) is 23.1. The second kappa shape index (κ2) is 9.51. The molecular formula is C34H38O3. The van der Waals surface area contributed by atoms with Crippen molar-refractivity contribution < 1.29 is 15.0 Å². The fraction of sp³-hybridized carbons (Fsp3) is 0.382. The predicted octanol–water partition coefficient (Wildman–Crippen LogP) is 7.78. The lowest BCUT2D eigenvalue weighted by Crippen LogP contribution is -2.34. The molecule has 1 aliphatic carbocycles. The molecule has 0 bridgehead atoms. The van der Waals surface area contributed by atoms with Gasteiger partial charge >= 0.3 is 5.97 Å². The average molecular weight is 495 g/mol. The Balaban J connectivity index is 1.83. The Kier molecular flexibility index (Phi) is 6.86. The third-order valence-electron chi connectivity index (χ3n) is 7.80. The number of hydrogen-bond donors (Lipinski definition) is 2. The second-order valence-electron chi connectivity index (χ2n) is 12.6. The predicted molar refractivity (Wildman–Crippen MR) is 151 cm³/mol. The summed E-state index contributed by atoms with van der Waals surface area (Å²) in [5, 5.41) is 20.3. The van der Waals surface area contributed by atoms with Crippen molar-refractivity contribution in [3.05, 3.63) is 94.0 Å². The molecule has 192 valence electrons. The van der Waals surface area contributed by atoms with Crippen molar-refractivity contribution in [2.75, 3.05) is 0 Å². The molecule has 4 rings (SSSR count). The minimum atomic E-state index is -0.970. The van der Waals surface area contributed by atoms with Gasteiger partial charge in [-0.3, -0.25) is 0 Å². The number of aliphatic hydroxyl groups is 1. The quantitative estimate of drug-likeness (QED) is 0.366. The Bertz CT molecular complexity index is 1370. The van der Waals surface area contributed by atoms with Crippen molar-refractivity contribution in [2.45, 2.75) is 83.7 Å². The molecule has 1 atom stereocenters. The van der Waals surface area contributed by atoms with Gasteiger partial charge in [0.15, 0.2) is 0 Å². The van der Waals surface area contributed by atoms with Crippen LogP contribution in [0.15, 0.2) is 60.7 Å². The van der Waals surface area contributed by atoms with Crippen molar-refractivity contribution in [3.8, 4) is 23.0 Å². The number of carboxylic acid groups (broad SMARTS) is 1. The molecule has 0 heterocycles. The molecule has 3 nitrogen and oxygen atoms in total. The van der Waals surface area contributed by atoms with Crippen LogP contribution in [0.4, 0.5) is 0 Å². The van der Waals surface area contributed by atoms with Crippen LogP contribution < -0.4 is 0 Å². The fourth-order valence-electron chi connectivity index (χ4n) is 5.28. The first-order valence-electron chi connectivity index (χ1n) is 13.0. The van der Waals surface area contributed by atoms with Gasteiger partial charge in [-0.05, 0) is 92.8 Å². The Morgan fingerprint density at radius 1 is 0.892 bits per heavy atom. The van der Waals surface area contributed by atoms with Gasteiger partial charge in [-0.1, -0.05) is 90.6 Å². The SMILES string of the molecule is CC(C)(C)c1ccc(-c2cc(C(O)C#Cc3ccc(C(=O)O)cc3)cc3c2C(C)(C)CCC3(C)C)cc1. The summed E-state index contributed by atoms with van der Waals surface area (Å²) in [4.78, 5) is 11.1. The van der Waals surface area contributed by atoms with Crippen LogP contribution in [0.25, 0.3) is 11.1 Å². The summed E-state index contributed by atoms with van der Waals surface area (Å²) in [5.41, 5.74) is 8.01. The first kappa shape index (κ1) is 26.7. The highest BCUT2D eigenvalue weighted by Gasteiger charge is 2.39. The van der Waals surface area contributed by atoms with Gasteiger partial charge in [0, 0.05) is 5.56 Å². The van der Waals surface area contributed by atoms with Gasteiger partial charge in [-0.2, -0.15) is 0 Å². The van der Waals surface area contributed by atoms with E-state index < -0.39 is 12.1 Å². The monoisotopic (exact) mass is 494 g/mol. The molecule has 1 unspecified atom stereocenters. The summed E-state index contributed by atoms with van der Waals surface area (Å²) in [5.74, 6) is 5.03. The molecule has 0 saturated carbocycles. The summed E-state index contributed by atoms with van der Waals surface area (Å²) in [6.07, 6.45) is 1.22. The Morgan fingerprint density at radius 2 is 1.49 bits per heavy atom. The molecular weight excluding hydrogens is 456 g/mol. The maximum absolute atomic E-state index is 11.2. The number of carboxylic acids is 1. The van der Waals surface area contributed by atoms with Crippen LogP contribution in [0.3, 0.4) is 0 Å². The lowest BCUT2D eigenvalue weighted by molar-refractivity contribution is 0.0697. The normalized spacial score (nSPS) is 16.8. The van der Waals surface area contributed by atoms with Gasteiger partial charge < -0.3 is 10.2 Å². The molecule has 37 heavy (non-hydrogen) atoms. The highest BCUT2D eigenvalue weighted by atomic mass is 16.4. The van der Waals surface area contributed by atoms with Gasteiger partial charge in [0.05, 0.1) is 5.56 Å². The zero-order valence-electron chi connectivity index (χ0n) is 23.1. The molecule has 0 saturated heterocycles. The molecule has 2 N–H and O–H groups in total. The highest BCUT2D eigenvalue weighted by Crippen LogP contribution is 2.50. The van der Waals surface area contributed by atoms with Gasteiger partial charge in [0.25, 0.3) is 0 Å². The molecule has 3 heteroatoms. The van der Waals surface area contributed by atoms with Crippen molar-refractivity contribution in [1.82, 2.24) is 0 Å². The number of aliphatic hydroxyl groups excluding tert-OH is 1. The van der Waals surface area contributed by atoms with E-state index in [0.717, 1.165) is 29.5 Å². The highest BCUT2D eigenvalue weighted by molar-refractivity contribution is 5.87. The molecule has 0 aliphatic heterocycles. The van der Waals surface area contributed by atoms with E-state index in [1.165, 1.54) is 28.8 Å². The third kappa shape index (κ3) is 5.50. The molecule has 3 aromatic carbocycles. The maximum Gasteiger partial charge on any atom is 0.335 e. The summed E-state index contributed by atoms with van der Waals surface area (Å²) in [7, 11) is 0. The molecule has 0 aromatic heterocycles. The minimum absolute atomic E-state index is 0.0131. The van der Waals surface area contributed by atoms with Crippen LogP contribution in [0.5, 0.6) is 0 Å². The van der Waals surface area contributed by atoms with E-state index in [4.69, 9.17) is 5.11 Å². The first-order valence-corrected chi connectivity index (χ1v) is 13.0. The lowest BCUT2D eigenvalue weighted by Gasteiger charge is -2.43. The molecule has 3 aromatic rings. The van der Waals surface area contributed by atoms with Crippen LogP contribution in [0, 0.1) is 11.8 Å². The Hall–Kier alpha value is -3.35. The number of rotatable bonds is 3. The number of benzene rings is 3. The standard InChI is InChI=1S/C34H38O3/c1-32(2,3)26-15-13-23(14-16-26)27-20-25(21-28-30(27)34(6,7)19-18-33(28,4)5)29(35)17-10-22-8-11-24(12-9-22)31(36)37/h8-9,11-16,20-21,29,35H,18-19H2,1-7H3,(H,36,37). The topological polar surface area (TPSA) is 57.5 Å². The van der Waals surface area contributed by atoms with Crippen LogP contribution in [0.2, 0.25) is 0 Å². The van der Waals surface area contributed by atoms with E-state index in [-0.39, 0.29) is 21.8 Å². The molecule has 1 aliphatic rings. The minimum Gasteiger partial charge on any atom is -0.478 e. The lowest BCUT2D eigenvalue weighted by atomic mass is 9.61. The number of fused-ring (bicyclic) bond motifs is 1. The molecule has 0 amide bonds. The van der Waals surface area contributed by atoms with E-state index in [1.807, 2.05) is 0 Å². The van der Waals surface area contributed by atoms with Crippen LogP contribution in [0.1, 0.15) is 106 Å². The van der Waals surface area contributed by atoms with E-state index in [2.05, 4.69) is 96.7 Å². The first-order chi connectivity index (χ1) is 17.2. The van der Waals surface area contributed by atoms with Crippen LogP contribution in [-0.2, 0) is 16.2 Å². The summed E-state index contributed by atoms with van der Waals surface area (Å²) < 4.78 is 0. The summed E-state index contributed by atoms with van der Waals surface area (Å²) in [6.45, 7) is 15.9. The fourth-order valence-corrected chi connectivity index (χ4v) is 5.28. The van der Waals surface area contributed by atoms with Gasteiger partial charge in [-0.15, -0.1) is 0 Å². The summed E-state index contributed by atoms with van der Waals surface area (Å²) in [6, 6.07) is 19.5. The van der Waals surface area contributed by atoms with Gasteiger partial charge in [0.2, 0.25) is 0 Å². The van der Waals surface area contributed by atoms with Gasteiger partial charge in [-0.25, -0.2) is 4.79 Å². The maximum atomic E-state index is 11.2. The van der Waals surface area contributed by atoms with E-state index >= 15 is 0 Å². The molecule has 0 fully saturated rings. The average Bonchev–Trinajstić information content (AvgIpc) is 2.84. The van der Waals surface area contributed by atoms with E-state index in [1.54, 1.807) is 12.1 Å². The zero-order chi connectivity index (χ0) is 27.2. The van der Waals surface area contributed by atoms with Crippen LogP contribution in [-0.4, -0.2) is 16.2 Å². The van der Waals surface area contributed by atoms with Crippen molar-refractivity contribution in [1.29, 1.82) is 0 Å².